The van der Waals surface area contributed by atoms with Crippen LogP contribution in [0.2, 0.25) is 0 Å². The number of hydrogen-bond acceptors (Lipinski definition) is 2. The summed E-state index contributed by atoms with van der Waals surface area (Å²) in [6.07, 6.45) is 3.23. The lowest BCUT2D eigenvalue weighted by molar-refractivity contribution is -0.890. The smallest absolute Gasteiger partial charge is 0.333 e. The molecule has 94 valence electrons. The molecule has 0 spiro atoms. The molecule has 0 bridgehead atoms. The zero-order valence-corrected chi connectivity index (χ0v) is 11.2. The Balaban J connectivity index is 3.54. The summed E-state index contributed by atoms with van der Waals surface area (Å²) in [5.74, 6) is -0.276. The van der Waals surface area contributed by atoms with Gasteiger partial charge in [0.2, 0.25) is 0 Å². The molecule has 0 rings (SSSR count). The van der Waals surface area contributed by atoms with E-state index in [0.717, 1.165) is 23.9 Å². The Morgan fingerprint density at radius 2 is 1.88 bits per heavy atom. The molecule has 3 nitrogen and oxygen atoms in total. The third kappa shape index (κ3) is 7.46. The highest BCUT2D eigenvalue weighted by Gasteiger charge is 2.12. The molecule has 0 atom stereocenters. The molecule has 0 radical (unpaired) electrons. The Morgan fingerprint density at radius 3 is 2.38 bits per heavy atom. The van der Waals surface area contributed by atoms with Gasteiger partial charge in [-0.2, -0.15) is 0 Å². The van der Waals surface area contributed by atoms with Gasteiger partial charge in [0.05, 0.1) is 33.8 Å². The summed E-state index contributed by atoms with van der Waals surface area (Å²) in [6.45, 7) is 10.3. The van der Waals surface area contributed by atoms with E-state index in [-0.39, 0.29) is 5.97 Å². The third-order valence-electron chi connectivity index (χ3n) is 2.57. The summed E-state index contributed by atoms with van der Waals surface area (Å²) in [4.78, 5) is 11.1. The van der Waals surface area contributed by atoms with E-state index in [0.29, 0.717) is 12.2 Å². The highest BCUT2D eigenvalue weighted by molar-refractivity contribution is 5.86. The second kappa shape index (κ2) is 7.44. The molecular weight excluding hydrogens is 202 g/mol. The van der Waals surface area contributed by atoms with Crippen molar-refractivity contribution in [1.82, 2.24) is 0 Å². The quantitative estimate of drug-likeness (QED) is 0.276. The van der Waals surface area contributed by atoms with Gasteiger partial charge in [-0.25, -0.2) is 4.79 Å². The van der Waals surface area contributed by atoms with Crippen LogP contribution in [0.3, 0.4) is 0 Å². The molecule has 0 saturated carbocycles. The molecule has 3 heteroatoms. The maximum absolute atomic E-state index is 11.1. The maximum Gasteiger partial charge on any atom is 0.333 e. The molecule has 0 aromatic carbocycles. The maximum atomic E-state index is 11.1. The van der Waals surface area contributed by atoms with Crippen LogP contribution < -0.4 is 0 Å². The lowest BCUT2D eigenvalue weighted by Gasteiger charge is -2.29. The largest absolute Gasteiger partial charge is 0.462 e. The Bertz CT molecular complexity index is 234. The first-order valence-corrected chi connectivity index (χ1v) is 6.03. The number of rotatable bonds is 8. The van der Waals surface area contributed by atoms with E-state index in [9.17, 15) is 4.79 Å². The molecule has 0 aliphatic rings. The average Bonchev–Trinajstić information content (AvgIpc) is 2.16. The molecule has 0 unspecified atom stereocenters. The molecule has 0 heterocycles. The highest BCUT2D eigenvalue weighted by atomic mass is 16.5. The first-order chi connectivity index (χ1) is 7.39. The molecule has 0 saturated heterocycles. The minimum Gasteiger partial charge on any atom is -0.462 e. The van der Waals surface area contributed by atoms with E-state index < -0.39 is 0 Å². The van der Waals surface area contributed by atoms with Crippen LogP contribution in [0, 0.1) is 0 Å². The number of hydrogen-bond donors (Lipinski definition) is 0. The Labute approximate surface area is 99.7 Å². The summed E-state index contributed by atoms with van der Waals surface area (Å²) in [5.41, 5.74) is 0.474. The molecule has 0 aromatic heterocycles. The van der Waals surface area contributed by atoms with Crippen molar-refractivity contribution in [2.45, 2.75) is 33.1 Å². The predicted molar refractivity (Wildman–Crippen MR) is 67.1 cm³/mol. The van der Waals surface area contributed by atoms with Crippen molar-refractivity contribution in [3.8, 4) is 0 Å². The average molecular weight is 228 g/mol. The third-order valence-corrected chi connectivity index (χ3v) is 2.57. The van der Waals surface area contributed by atoms with Crippen LogP contribution in [0.15, 0.2) is 12.2 Å². The summed E-state index contributed by atoms with van der Waals surface area (Å²) in [5, 5.41) is 0. The van der Waals surface area contributed by atoms with Crippen LogP contribution in [0.25, 0.3) is 0 Å². The monoisotopic (exact) mass is 228 g/mol. The van der Waals surface area contributed by atoms with Gasteiger partial charge in [-0.15, -0.1) is 0 Å². The van der Waals surface area contributed by atoms with E-state index in [2.05, 4.69) is 27.6 Å². The van der Waals surface area contributed by atoms with Crippen molar-refractivity contribution < 1.29 is 14.0 Å². The zero-order chi connectivity index (χ0) is 12.6. The van der Waals surface area contributed by atoms with Crippen LogP contribution in [-0.4, -0.2) is 44.2 Å². The van der Waals surface area contributed by atoms with Crippen molar-refractivity contribution in [2.75, 3.05) is 33.8 Å². The number of unbranched alkanes of at least 4 members (excludes halogenated alkanes) is 1. The van der Waals surface area contributed by atoms with Crippen LogP contribution in [-0.2, 0) is 9.53 Å². The Morgan fingerprint density at radius 1 is 1.25 bits per heavy atom. The van der Waals surface area contributed by atoms with Gasteiger partial charge in [0.1, 0.15) is 0 Å². The van der Waals surface area contributed by atoms with E-state index in [1.165, 1.54) is 13.0 Å². The van der Waals surface area contributed by atoms with E-state index in [1.807, 2.05) is 0 Å². The van der Waals surface area contributed by atoms with Crippen molar-refractivity contribution in [1.29, 1.82) is 0 Å². The first kappa shape index (κ1) is 15.2. The molecule has 0 aliphatic heterocycles. The minimum absolute atomic E-state index is 0.276. The summed E-state index contributed by atoms with van der Waals surface area (Å²) >= 11 is 0. The van der Waals surface area contributed by atoms with Gasteiger partial charge in [-0.05, 0) is 26.2 Å². The molecule has 0 N–H and O–H groups in total. The number of nitrogens with zero attached hydrogens (tertiary/aromatic N) is 1. The van der Waals surface area contributed by atoms with E-state index in [4.69, 9.17) is 4.74 Å². The predicted octanol–water partition coefficient (Wildman–Crippen LogP) is 2.37. The molecular formula is C13H26NO2+. The van der Waals surface area contributed by atoms with Crippen molar-refractivity contribution in [2.24, 2.45) is 0 Å². The normalized spacial score (nSPS) is 11.2. The zero-order valence-electron chi connectivity index (χ0n) is 11.2. The van der Waals surface area contributed by atoms with Gasteiger partial charge in [0.15, 0.2) is 0 Å². The lowest BCUT2D eigenvalue weighted by Crippen LogP contribution is -2.41. The molecule has 0 fully saturated rings. The fourth-order valence-corrected chi connectivity index (χ4v) is 1.65. The van der Waals surface area contributed by atoms with Gasteiger partial charge < -0.3 is 9.22 Å². The number of esters is 1. The standard InChI is InChI=1S/C13H26NO2/c1-6-9-14(4,5)10-7-8-11-16-13(15)12(2)3/h2,6-11H2,1,3-5H3/q+1. The van der Waals surface area contributed by atoms with Gasteiger partial charge in [0, 0.05) is 5.57 Å². The number of carbonyl (C=O) groups is 1. The Hall–Kier alpha value is -0.830. The Kier molecular flexibility index (Phi) is 7.06. The highest BCUT2D eigenvalue weighted by Crippen LogP contribution is 2.04. The molecule has 0 aromatic rings. The van der Waals surface area contributed by atoms with Gasteiger partial charge in [0.25, 0.3) is 0 Å². The fourth-order valence-electron chi connectivity index (χ4n) is 1.65. The van der Waals surface area contributed by atoms with Crippen molar-refractivity contribution in [3.05, 3.63) is 12.2 Å². The fraction of sp³-hybridized carbons (Fsp3) is 0.769. The number of carbonyl (C=O) groups excluding carboxylic acids is 1. The van der Waals surface area contributed by atoms with Gasteiger partial charge in [-0.3, -0.25) is 0 Å². The second-order valence-corrected chi connectivity index (χ2v) is 5.01. The minimum atomic E-state index is -0.276. The number of ether oxygens (including phenoxy) is 1. The summed E-state index contributed by atoms with van der Waals surface area (Å²) in [6, 6.07) is 0. The summed E-state index contributed by atoms with van der Waals surface area (Å²) in [7, 11) is 4.48. The van der Waals surface area contributed by atoms with Crippen LogP contribution in [0.1, 0.15) is 33.1 Å². The lowest BCUT2D eigenvalue weighted by atomic mass is 10.2. The SMILES string of the molecule is C=C(C)C(=O)OCCCC[N+](C)(C)CCC. The first-order valence-electron chi connectivity index (χ1n) is 6.03. The van der Waals surface area contributed by atoms with Gasteiger partial charge >= 0.3 is 5.97 Å². The molecule has 0 amide bonds. The molecule has 0 aliphatic carbocycles. The molecule has 16 heavy (non-hydrogen) atoms. The van der Waals surface area contributed by atoms with Crippen LogP contribution in [0.5, 0.6) is 0 Å². The number of quaternary nitrogens is 1. The van der Waals surface area contributed by atoms with Crippen LogP contribution in [0.4, 0.5) is 0 Å². The van der Waals surface area contributed by atoms with Crippen molar-refractivity contribution >= 4 is 5.97 Å². The second-order valence-electron chi connectivity index (χ2n) is 5.01. The van der Waals surface area contributed by atoms with E-state index >= 15 is 0 Å². The van der Waals surface area contributed by atoms with Gasteiger partial charge in [-0.1, -0.05) is 13.5 Å². The topological polar surface area (TPSA) is 26.3 Å². The van der Waals surface area contributed by atoms with E-state index in [1.54, 1.807) is 6.92 Å². The summed E-state index contributed by atoms with van der Waals surface area (Å²) < 4.78 is 6.08. The van der Waals surface area contributed by atoms with Crippen LogP contribution >= 0.6 is 0 Å². The van der Waals surface area contributed by atoms with Crippen molar-refractivity contribution in [3.63, 3.8) is 0 Å².